The van der Waals surface area contributed by atoms with Crippen LogP contribution in [0.25, 0.3) is 0 Å². The van der Waals surface area contributed by atoms with Crippen LogP contribution < -0.4 is 0 Å². The molecule has 7 heteroatoms. The molecule has 1 heterocycles. The Morgan fingerprint density at radius 2 is 2.11 bits per heavy atom. The fraction of sp³-hybridized carbons (Fsp3) is 0.500. The highest BCUT2D eigenvalue weighted by Gasteiger charge is 2.23. The molecule has 0 aliphatic rings. The number of hydrogen-bond acceptors (Lipinski definition) is 4. The third kappa shape index (κ3) is 4.29. The molecule has 1 unspecified atom stereocenters. The zero-order chi connectivity index (χ0) is 14.6. The van der Waals surface area contributed by atoms with Gasteiger partial charge in [0.1, 0.15) is 0 Å². The molecule has 0 saturated heterocycles. The third-order valence-corrected chi connectivity index (χ3v) is 5.87. The molecule has 0 saturated carbocycles. The van der Waals surface area contributed by atoms with Gasteiger partial charge in [0.2, 0.25) is 0 Å². The standard InChI is InChI=1S/C12H15Br2NO3S/c1-4-15(6-7(2)12(17)18-3)11(16)9-5-8(13)10(14)19-9/h5,7H,4,6H2,1-3H3. The lowest BCUT2D eigenvalue weighted by atomic mass is 10.1. The van der Waals surface area contributed by atoms with Crippen LogP contribution in [-0.4, -0.2) is 37.0 Å². The monoisotopic (exact) mass is 411 g/mol. The molecule has 0 N–H and O–H groups in total. The van der Waals surface area contributed by atoms with E-state index >= 15 is 0 Å². The molecule has 0 radical (unpaired) electrons. The van der Waals surface area contributed by atoms with Gasteiger partial charge >= 0.3 is 5.97 Å². The number of ether oxygens (including phenoxy) is 1. The molecule has 0 bridgehead atoms. The Morgan fingerprint density at radius 1 is 1.47 bits per heavy atom. The molecular formula is C12H15Br2NO3S. The lowest BCUT2D eigenvalue weighted by Gasteiger charge is -2.22. The summed E-state index contributed by atoms with van der Waals surface area (Å²) in [5.41, 5.74) is 0. The van der Waals surface area contributed by atoms with E-state index < -0.39 is 0 Å². The Kier molecular flexibility index (Phi) is 6.49. The maximum Gasteiger partial charge on any atom is 0.310 e. The van der Waals surface area contributed by atoms with Crippen molar-refractivity contribution in [2.24, 2.45) is 5.92 Å². The molecule has 19 heavy (non-hydrogen) atoms. The number of amides is 1. The van der Waals surface area contributed by atoms with E-state index in [1.807, 2.05) is 6.92 Å². The van der Waals surface area contributed by atoms with Gasteiger partial charge in [-0.1, -0.05) is 6.92 Å². The highest BCUT2D eigenvalue weighted by molar-refractivity contribution is 9.13. The highest BCUT2D eigenvalue weighted by atomic mass is 79.9. The van der Waals surface area contributed by atoms with Gasteiger partial charge in [-0.2, -0.15) is 0 Å². The minimum Gasteiger partial charge on any atom is -0.469 e. The van der Waals surface area contributed by atoms with Gasteiger partial charge in [-0.05, 0) is 44.8 Å². The van der Waals surface area contributed by atoms with Gasteiger partial charge in [0.15, 0.2) is 0 Å². The number of carbonyl (C=O) groups is 2. The third-order valence-electron chi connectivity index (χ3n) is 2.62. The number of hydrogen-bond donors (Lipinski definition) is 0. The number of methoxy groups -OCH3 is 1. The van der Waals surface area contributed by atoms with E-state index in [1.165, 1.54) is 18.4 Å². The van der Waals surface area contributed by atoms with Gasteiger partial charge in [0.05, 0.1) is 21.7 Å². The quantitative estimate of drug-likeness (QED) is 0.694. The van der Waals surface area contributed by atoms with Crippen LogP contribution in [0.3, 0.4) is 0 Å². The normalized spacial score (nSPS) is 12.1. The van der Waals surface area contributed by atoms with E-state index in [1.54, 1.807) is 17.9 Å². The van der Waals surface area contributed by atoms with Gasteiger partial charge in [-0.15, -0.1) is 11.3 Å². The average Bonchev–Trinajstić information content (AvgIpc) is 2.73. The summed E-state index contributed by atoms with van der Waals surface area (Å²) in [6, 6.07) is 1.78. The van der Waals surface area contributed by atoms with Gasteiger partial charge in [0, 0.05) is 17.6 Å². The summed E-state index contributed by atoms with van der Waals surface area (Å²) < 4.78 is 6.42. The van der Waals surface area contributed by atoms with Gasteiger partial charge in [-0.25, -0.2) is 0 Å². The topological polar surface area (TPSA) is 46.6 Å². The molecule has 1 atom stereocenters. The van der Waals surface area contributed by atoms with Gasteiger partial charge in [0.25, 0.3) is 5.91 Å². The van der Waals surface area contributed by atoms with Crippen molar-refractivity contribution in [1.29, 1.82) is 0 Å². The molecule has 0 spiro atoms. The first-order valence-corrected chi connectivity index (χ1v) is 8.12. The lowest BCUT2D eigenvalue weighted by molar-refractivity contribution is -0.145. The molecule has 1 aromatic heterocycles. The van der Waals surface area contributed by atoms with E-state index in [0.29, 0.717) is 18.0 Å². The van der Waals surface area contributed by atoms with Crippen LogP contribution >= 0.6 is 43.2 Å². The number of halogens is 2. The average molecular weight is 413 g/mol. The second kappa shape index (κ2) is 7.40. The molecule has 4 nitrogen and oxygen atoms in total. The van der Waals surface area contributed by atoms with E-state index in [4.69, 9.17) is 0 Å². The molecule has 0 aliphatic carbocycles. The van der Waals surface area contributed by atoms with Crippen molar-refractivity contribution in [3.63, 3.8) is 0 Å². The number of carbonyl (C=O) groups excluding carboxylic acids is 2. The van der Waals surface area contributed by atoms with E-state index in [9.17, 15) is 9.59 Å². The molecule has 1 rings (SSSR count). The maximum atomic E-state index is 12.3. The Morgan fingerprint density at radius 3 is 2.53 bits per heavy atom. The number of nitrogens with zero attached hydrogens (tertiary/aromatic N) is 1. The Hall–Kier alpha value is -0.400. The van der Waals surface area contributed by atoms with Crippen LogP contribution in [0, 0.1) is 5.92 Å². The first kappa shape index (κ1) is 16.7. The second-order valence-corrected chi connectivity index (χ2v) is 7.22. The zero-order valence-electron chi connectivity index (χ0n) is 10.9. The molecule has 1 amide bonds. The molecule has 0 aliphatic heterocycles. The number of rotatable bonds is 5. The first-order chi connectivity index (χ1) is 8.90. The van der Waals surface area contributed by atoms with Crippen molar-refractivity contribution in [3.05, 3.63) is 19.2 Å². The largest absolute Gasteiger partial charge is 0.469 e. The Balaban J connectivity index is 2.79. The van der Waals surface area contributed by atoms with Crippen LogP contribution in [0.1, 0.15) is 23.5 Å². The van der Waals surface area contributed by atoms with Crippen molar-refractivity contribution in [2.45, 2.75) is 13.8 Å². The first-order valence-electron chi connectivity index (χ1n) is 5.72. The summed E-state index contributed by atoms with van der Waals surface area (Å²) in [5, 5.41) is 0. The van der Waals surface area contributed by atoms with Gasteiger partial charge in [-0.3, -0.25) is 9.59 Å². The maximum absolute atomic E-state index is 12.3. The predicted molar refractivity (Wildman–Crippen MR) is 82.5 cm³/mol. The lowest BCUT2D eigenvalue weighted by Crippen LogP contribution is -2.36. The van der Waals surface area contributed by atoms with Crippen LogP contribution in [0.5, 0.6) is 0 Å². The van der Waals surface area contributed by atoms with Crippen LogP contribution in [0.15, 0.2) is 14.3 Å². The Bertz CT molecular complexity index is 456. The van der Waals surface area contributed by atoms with Gasteiger partial charge < -0.3 is 9.64 Å². The molecule has 106 valence electrons. The fourth-order valence-electron chi connectivity index (χ4n) is 1.57. The summed E-state index contributed by atoms with van der Waals surface area (Å²) in [4.78, 5) is 26.0. The van der Waals surface area contributed by atoms with Crippen molar-refractivity contribution < 1.29 is 14.3 Å². The molecule has 0 fully saturated rings. The smallest absolute Gasteiger partial charge is 0.310 e. The second-order valence-electron chi connectivity index (χ2n) is 4.00. The highest BCUT2D eigenvalue weighted by Crippen LogP contribution is 2.33. The van der Waals surface area contributed by atoms with Crippen molar-refractivity contribution >= 4 is 55.1 Å². The Labute approximate surface area is 133 Å². The minimum absolute atomic E-state index is 0.0744. The van der Waals surface area contributed by atoms with E-state index in [0.717, 1.165) is 8.26 Å². The molecular weight excluding hydrogens is 398 g/mol. The van der Waals surface area contributed by atoms with Crippen LogP contribution in [-0.2, 0) is 9.53 Å². The summed E-state index contributed by atoms with van der Waals surface area (Å²) in [6.45, 7) is 4.55. The minimum atomic E-state index is -0.333. The van der Waals surface area contributed by atoms with Crippen molar-refractivity contribution in [2.75, 3.05) is 20.2 Å². The van der Waals surface area contributed by atoms with Crippen LogP contribution in [0.2, 0.25) is 0 Å². The predicted octanol–water partition coefficient (Wildman–Crippen LogP) is 3.54. The van der Waals surface area contributed by atoms with Crippen molar-refractivity contribution in [1.82, 2.24) is 4.90 Å². The number of thiophene rings is 1. The fourth-order valence-corrected chi connectivity index (χ4v) is 3.57. The summed E-state index contributed by atoms with van der Waals surface area (Å²) in [5.74, 6) is -0.713. The number of esters is 1. The molecule has 1 aromatic rings. The van der Waals surface area contributed by atoms with E-state index in [2.05, 4.69) is 36.6 Å². The molecule has 0 aromatic carbocycles. The summed E-state index contributed by atoms with van der Waals surface area (Å²) in [7, 11) is 1.35. The summed E-state index contributed by atoms with van der Waals surface area (Å²) >= 11 is 8.10. The summed E-state index contributed by atoms with van der Waals surface area (Å²) in [6.07, 6.45) is 0. The van der Waals surface area contributed by atoms with E-state index in [-0.39, 0.29) is 17.8 Å². The van der Waals surface area contributed by atoms with Crippen molar-refractivity contribution in [3.8, 4) is 0 Å². The zero-order valence-corrected chi connectivity index (χ0v) is 14.9. The van der Waals surface area contributed by atoms with Crippen LogP contribution in [0.4, 0.5) is 0 Å². The SMILES string of the molecule is CCN(CC(C)C(=O)OC)C(=O)c1cc(Br)c(Br)s1.